The van der Waals surface area contributed by atoms with E-state index in [1.165, 1.54) is 18.2 Å². The molecule has 0 bridgehead atoms. The number of halogens is 1. The molecular weight excluding hydrogens is 245 g/mol. The lowest BCUT2D eigenvalue weighted by atomic mass is 10.1. The predicted octanol–water partition coefficient (Wildman–Crippen LogP) is 2.67. The highest BCUT2D eigenvalue weighted by Gasteiger charge is 2.13. The van der Waals surface area contributed by atoms with Gasteiger partial charge in [-0.15, -0.1) is 0 Å². The van der Waals surface area contributed by atoms with Gasteiger partial charge in [-0.05, 0) is 49.7 Å². The minimum absolute atomic E-state index is 0.0963. The number of nitrogens with one attached hydrogen (secondary N) is 1. The van der Waals surface area contributed by atoms with E-state index in [1.807, 2.05) is 19.9 Å². The molecular formula is C14H14FN3O. The van der Waals surface area contributed by atoms with E-state index in [1.54, 1.807) is 6.07 Å². The molecule has 19 heavy (non-hydrogen) atoms. The summed E-state index contributed by atoms with van der Waals surface area (Å²) < 4.78 is 13.5. The molecule has 1 amide bonds. The van der Waals surface area contributed by atoms with Crippen molar-refractivity contribution in [2.75, 3.05) is 11.1 Å². The van der Waals surface area contributed by atoms with Gasteiger partial charge in [-0.3, -0.25) is 4.79 Å². The van der Waals surface area contributed by atoms with Gasteiger partial charge in [0.2, 0.25) is 0 Å². The van der Waals surface area contributed by atoms with Gasteiger partial charge in [-0.2, -0.15) is 0 Å². The molecule has 0 atom stereocenters. The van der Waals surface area contributed by atoms with E-state index in [0.717, 1.165) is 11.3 Å². The predicted molar refractivity (Wildman–Crippen MR) is 72.5 cm³/mol. The number of aromatic nitrogens is 1. The highest BCUT2D eigenvalue weighted by Crippen LogP contribution is 2.15. The molecule has 5 heteroatoms. The fraction of sp³-hybridized carbons (Fsp3) is 0.143. The minimum atomic E-state index is -0.615. The quantitative estimate of drug-likeness (QED) is 0.815. The molecule has 4 nitrogen and oxygen atoms in total. The number of carbonyl (C=O) groups is 1. The zero-order valence-corrected chi connectivity index (χ0v) is 10.7. The molecule has 0 saturated carbocycles. The first-order valence-electron chi connectivity index (χ1n) is 5.77. The Morgan fingerprint density at radius 3 is 2.68 bits per heavy atom. The van der Waals surface area contributed by atoms with Crippen molar-refractivity contribution in [1.82, 2.24) is 4.98 Å². The number of pyridine rings is 1. The molecule has 0 saturated heterocycles. The lowest BCUT2D eigenvalue weighted by Gasteiger charge is -2.07. The van der Waals surface area contributed by atoms with Gasteiger partial charge in [0.05, 0.1) is 5.56 Å². The van der Waals surface area contributed by atoms with Gasteiger partial charge in [-0.25, -0.2) is 9.37 Å². The largest absolute Gasteiger partial charge is 0.399 e. The summed E-state index contributed by atoms with van der Waals surface area (Å²) in [5.41, 5.74) is 7.53. The van der Waals surface area contributed by atoms with Gasteiger partial charge in [0.1, 0.15) is 11.6 Å². The number of nitrogens with two attached hydrogens (primary N) is 1. The normalized spacial score (nSPS) is 10.3. The SMILES string of the molecule is Cc1cc(C)nc(NC(=O)c2cc(N)ccc2F)c1. The fourth-order valence-corrected chi connectivity index (χ4v) is 1.81. The molecule has 0 fully saturated rings. The van der Waals surface area contributed by atoms with Crippen molar-refractivity contribution >= 4 is 17.4 Å². The van der Waals surface area contributed by atoms with Crippen LogP contribution in [0.15, 0.2) is 30.3 Å². The van der Waals surface area contributed by atoms with Gasteiger partial charge in [-0.1, -0.05) is 0 Å². The smallest absolute Gasteiger partial charge is 0.259 e. The Labute approximate surface area is 110 Å². The molecule has 1 aromatic carbocycles. The molecule has 0 spiro atoms. The summed E-state index contributed by atoms with van der Waals surface area (Å²) in [4.78, 5) is 16.1. The third-order valence-electron chi connectivity index (χ3n) is 2.57. The van der Waals surface area contributed by atoms with Crippen LogP contribution in [0.25, 0.3) is 0 Å². The highest BCUT2D eigenvalue weighted by atomic mass is 19.1. The first-order valence-corrected chi connectivity index (χ1v) is 5.77. The Kier molecular flexibility index (Phi) is 3.46. The van der Waals surface area contributed by atoms with Gasteiger partial charge in [0.25, 0.3) is 5.91 Å². The maximum Gasteiger partial charge on any atom is 0.259 e. The van der Waals surface area contributed by atoms with Gasteiger partial charge in [0, 0.05) is 11.4 Å². The molecule has 1 heterocycles. The van der Waals surface area contributed by atoms with Crippen molar-refractivity contribution in [3.8, 4) is 0 Å². The van der Waals surface area contributed by atoms with Crippen LogP contribution in [0.1, 0.15) is 21.6 Å². The Morgan fingerprint density at radius 1 is 1.26 bits per heavy atom. The number of carbonyl (C=O) groups excluding carboxylic acids is 1. The molecule has 1 aromatic heterocycles. The van der Waals surface area contributed by atoms with E-state index in [9.17, 15) is 9.18 Å². The van der Waals surface area contributed by atoms with Crippen molar-refractivity contribution in [1.29, 1.82) is 0 Å². The minimum Gasteiger partial charge on any atom is -0.399 e. The number of aryl methyl sites for hydroxylation is 2. The number of nitrogens with zero attached hydrogens (tertiary/aromatic N) is 1. The Balaban J connectivity index is 2.28. The average Bonchev–Trinajstić information content (AvgIpc) is 2.30. The lowest BCUT2D eigenvalue weighted by Crippen LogP contribution is -2.15. The van der Waals surface area contributed by atoms with Crippen LogP contribution in [0.4, 0.5) is 15.9 Å². The first kappa shape index (κ1) is 13.0. The summed E-state index contributed by atoms with van der Waals surface area (Å²) in [5, 5.41) is 2.56. The Bertz CT molecular complexity index is 620. The standard InChI is InChI=1S/C14H14FN3O/c1-8-5-9(2)17-13(6-8)18-14(19)11-7-10(16)3-4-12(11)15/h3-7H,16H2,1-2H3,(H,17,18,19). The number of benzene rings is 1. The molecule has 0 unspecified atom stereocenters. The van der Waals surface area contributed by atoms with Crippen molar-refractivity contribution in [2.45, 2.75) is 13.8 Å². The van der Waals surface area contributed by atoms with E-state index in [4.69, 9.17) is 5.73 Å². The van der Waals surface area contributed by atoms with E-state index < -0.39 is 11.7 Å². The van der Waals surface area contributed by atoms with Crippen LogP contribution in [-0.4, -0.2) is 10.9 Å². The number of hydrogen-bond acceptors (Lipinski definition) is 3. The van der Waals surface area contributed by atoms with Crippen LogP contribution >= 0.6 is 0 Å². The van der Waals surface area contributed by atoms with Crippen molar-refractivity contribution in [3.05, 3.63) is 53.0 Å². The molecule has 0 aliphatic carbocycles. The molecule has 3 N–H and O–H groups in total. The monoisotopic (exact) mass is 259 g/mol. The van der Waals surface area contributed by atoms with E-state index in [-0.39, 0.29) is 5.56 Å². The van der Waals surface area contributed by atoms with E-state index in [2.05, 4.69) is 10.3 Å². The first-order chi connectivity index (χ1) is 8.95. The summed E-state index contributed by atoms with van der Waals surface area (Å²) in [6.45, 7) is 3.72. The highest BCUT2D eigenvalue weighted by molar-refractivity contribution is 6.04. The maximum absolute atomic E-state index is 13.5. The summed E-state index contributed by atoms with van der Waals surface area (Å²) in [5.74, 6) is -0.789. The molecule has 98 valence electrons. The Morgan fingerprint density at radius 2 is 2.00 bits per heavy atom. The van der Waals surface area contributed by atoms with Crippen LogP contribution in [-0.2, 0) is 0 Å². The van der Waals surface area contributed by atoms with Crippen LogP contribution in [0.3, 0.4) is 0 Å². The summed E-state index contributed by atoms with van der Waals surface area (Å²) in [6, 6.07) is 7.47. The second kappa shape index (κ2) is 5.06. The van der Waals surface area contributed by atoms with Crippen LogP contribution in [0, 0.1) is 19.7 Å². The third kappa shape index (κ3) is 3.07. The van der Waals surface area contributed by atoms with E-state index in [0.29, 0.717) is 11.5 Å². The molecule has 2 rings (SSSR count). The van der Waals surface area contributed by atoms with E-state index >= 15 is 0 Å². The van der Waals surface area contributed by atoms with Crippen molar-refractivity contribution < 1.29 is 9.18 Å². The second-order valence-electron chi connectivity index (χ2n) is 4.36. The summed E-state index contributed by atoms with van der Waals surface area (Å²) >= 11 is 0. The zero-order chi connectivity index (χ0) is 14.0. The third-order valence-corrected chi connectivity index (χ3v) is 2.57. The summed E-state index contributed by atoms with van der Waals surface area (Å²) in [6.07, 6.45) is 0. The van der Waals surface area contributed by atoms with Gasteiger partial charge in [0.15, 0.2) is 0 Å². The van der Waals surface area contributed by atoms with Crippen LogP contribution in [0.2, 0.25) is 0 Å². The molecule has 0 aliphatic heterocycles. The van der Waals surface area contributed by atoms with Gasteiger partial charge >= 0.3 is 0 Å². The number of anilines is 2. The number of rotatable bonds is 2. The maximum atomic E-state index is 13.5. The van der Waals surface area contributed by atoms with Crippen LogP contribution in [0.5, 0.6) is 0 Å². The number of amides is 1. The molecule has 0 radical (unpaired) electrons. The lowest BCUT2D eigenvalue weighted by molar-refractivity contribution is 0.102. The van der Waals surface area contributed by atoms with Crippen molar-refractivity contribution in [2.24, 2.45) is 0 Å². The van der Waals surface area contributed by atoms with Crippen molar-refractivity contribution in [3.63, 3.8) is 0 Å². The Hall–Kier alpha value is -2.43. The molecule has 0 aliphatic rings. The average molecular weight is 259 g/mol. The number of hydrogen-bond donors (Lipinski definition) is 2. The topological polar surface area (TPSA) is 68.0 Å². The summed E-state index contributed by atoms with van der Waals surface area (Å²) in [7, 11) is 0. The number of nitrogen functional groups attached to an aromatic ring is 1. The zero-order valence-electron chi connectivity index (χ0n) is 10.7. The fourth-order valence-electron chi connectivity index (χ4n) is 1.81. The van der Waals surface area contributed by atoms with Gasteiger partial charge < -0.3 is 11.1 Å². The molecule has 2 aromatic rings. The second-order valence-corrected chi connectivity index (χ2v) is 4.36. The van der Waals surface area contributed by atoms with Crippen LogP contribution < -0.4 is 11.1 Å².